The number of halogens is 1. The van der Waals surface area contributed by atoms with Crippen LogP contribution >= 0.6 is 11.6 Å². The molecule has 1 aromatic carbocycles. The summed E-state index contributed by atoms with van der Waals surface area (Å²) in [5.74, 6) is 1.71. The van der Waals surface area contributed by atoms with Crippen LogP contribution in [0.3, 0.4) is 0 Å². The first kappa shape index (κ1) is 28.9. The molecule has 43 heavy (non-hydrogen) atoms. The van der Waals surface area contributed by atoms with Crippen LogP contribution in [0.25, 0.3) is 22.0 Å². The molecule has 1 saturated carbocycles. The van der Waals surface area contributed by atoms with Gasteiger partial charge >= 0.3 is 0 Å². The number of carbonyl (C=O) groups excluding carboxylic acids is 1. The Morgan fingerprint density at radius 3 is 2.60 bits per heavy atom. The highest BCUT2D eigenvalue weighted by Crippen LogP contribution is 2.56. The highest BCUT2D eigenvalue weighted by atomic mass is 35.5. The number of nitrogens with one attached hydrogen (secondary N) is 1. The van der Waals surface area contributed by atoms with E-state index in [-0.39, 0.29) is 16.9 Å². The lowest BCUT2D eigenvalue weighted by Gasteiger charge is -2.58. The normalized spacial score (nSPS) is 23.9. The van der Waals surface area contributed by atoms with Crippen molar-refractivity contribution in [3.05, 3.63) is 41.2 Å². The molecule has 1 N–H and O–H groups in total. The van der Waals surface area contributed by atoms with Crippen molar-refractivity contribution in [1.29, 1.82) is 0 Å². The van der Waals surface area contributed by atoms with E-state index in [9.17, 15) is 4.79 Å². The van der Waals surface area contributed by atoms with Crippen LogP contribution in [-0.2, 0) is 9.53 Å². The molecule has 10 heteroatoms. The van der Waals surface area contributed by atoms with Gasteiger partial charge in [0.1, 0.15) is 0 Å². The average molecular weight is 606 g/mol. The number of fused-ring (bicyclic) bond motifs is 1. The molecule has 230 valence electrons. The number of aromatic amines is 1. The Morgan fingerprint density at radius 1 is 1.16 bits per heavy atom. The number of hydrogen-bond donors (Lipinski definition) is 1. The van der Waals surface area contributed by atoms with E-state index in [4.69, 9.17) is 21.4 Å². The molecule has 3 saturated heterocycles. The zero-order chi connectivity index (χ0) is 30.1. The summed E-state index contributed by atoms with van der Waals surface area (Å²) in [5, 5.41) is 14.8. The van der Waals surface area contributed by atoms with Crippen molar-refractivity contribution in [3.8, 4) is 11.1 Å². The van der Waals surface area contributed by atoms with Crippen LogP contribution in [0.4, 0.5) is 5.82 Å². The fraction of sp³-hybridized carbons (Fsp3) is 0.606. The second-order valence-electron chi connectivity index (χ2n) is 14.1. The lowest BCUT2D eigenvalue weighted by molar-refractivity contribution is -0.149. The Hall–Kier alpha value is -2.88. The molecule has 0 unspecified atom stereocenters. The number of ether oxygens (including phenoxy) is 1. The lowest BCUT2D eigenvalue weighted by atomic mass is 9.60. The number of amides is 1. The molecule has 9 nitrogen and oxygen atoms in total. The predicted octanol–water partition coefficient (Wildman–Crippen LogP) is 5.37. The number of aromatic nitrogens is 4. The fourth-order valence-corrected chi connectivity index (χ4v) is 8.69. The van der Waals surface area contributed by atoms with Gasteiger partial charge in [0.05, 0.1) is 36.0 Å². The first-order valence-corrected chi connectivity index (χ1v) is 16.2. The van der Waals surface area contributed by atoms with E-state index in [0.717, 1.165) is 122 Å². The third-order valence-corrected chi connectivity index (χ3v) is 11.1. The third-order valence-electron chi connectivity index (χ3n) is 10.6. The predicted molar refractivity (Wildman–Crippen MR) is 171 cm³/mol. The van der Waals surface area contributed by atoms with Crippen molar-refractivity contribution in [1.82, 2.24) is 29.8 Å². The Labute approximate surface area is 259 Å². The number of anilines is 1. The molecular formula is C33H44ClN7O2. The quantitative estimate of drug-likeness (QED) is 0.380. The van der Waals surface area contributed by atoms with Crippen molar-refractivity contribution in [2.45, 2.75) is 65.0 Å². The molecule has 2 aromatic heterocycles. The largest absolute Gasteiger partial charge is 0.379 e. The summed E-state index contributed by atoms with van der Waals surface area (Å²) in [7, 11) is 0. The van der Waals surface area contributed by atoms with Crippen LogP contribution in [0.15, 0.2) is 24.9 Å². The minimum atomic E-state index is -0.0677. The van der Waals surface area contributed by atoms with E-state index in [1.807, 2.05) is 11.1 Å². The number of nitrogens with zero attached hydrogens (tertiary/aromatic N) is 6. The summed E-state index contributed by atoms with van der Waals surface area (Å²) in [6, 6.07) is 2.39. The van der Waals surface area contributed by atoms with E-state index in [2.05, 4.69) is 65.0 Å². The van der Waals surface area contributed by atoms with Crippen LogP contribution in [0.5, 0.6) is 0 Å². The highest BCUT2D eigenvalue weighted by Gasteiger charge is 2.54. The van der Waals surface area contributed by atoms with E-state index >= 15 is 0 Å². The van der Waals surface area contributed by atoms with Crippen LogP contribution in [-0.4, -0.2) is 93.7 Å². The number of rotatable bonds is 6. The molecule has 1 spiro atoms. The minimum Gasteiger partial charge on any atom is -0.379 e. The molecule has 1 amide bonds. The lowest BCUT2D eigenvalue weighted by Crippen LogP contribution is -2.63. The van der Waals surface area contributed by atoms with Crippen LogP contribution < -0.4 is 4.90 Å². The van der Waals surface area contributed by atoms with Gasteiger partial charge in [-0.1, -0.05) is 18.2 Å². The van der Waals surface area contributed by atoms with Gasteiger partial charge in [-0.15, -0.1) is 0 Å². The van der Waals surface area contributed by atoms with Crippen molar-refractivity contribution in [2.75, 3.05) is 57.4 Å². The minimum absolute atomic E-state index is 0.0337. The molecule has 1 aliphatic carbocycles. The Morgan fingerprint density at radius 2 is 1.91 bits per heavy atom. The molecule has 4 aliphatic rings. The van der Waals surface area contributed by atoms with Gasteiger partial charge in [-0.2, -0.15) is 10.2 Å². The van der Waals surface area contributed by atoms with Crippen molar-refractivity contribution in [3.63, 3.8) is 0 Å². The summed E-state index contributed by atoms with van der Waals surface area (Å²) in [4.78, 5) is 19.1. The van der Waals surface area contributed by atoms with Gasteiger partial charge in [0.25, 0.3) is 0 Å². The zero-order valence-electron chi connectivity index (χ0n) is 26.0. The summed E-state index contributed by atoms with van der Waals surface area (Å²) in [5.41, 5.74) is 5.45. The topological polar surface area (TPSA) is 82.5 Å². The number of benzene rings is 1. The Kier molecular flexibility index (Phi) is 7.14. The molecular weight excluding hydrogens is 562 g/mol. The molecule has 4 fully saturated rings. The standard InChI is InChI=1S/C33H44ClN7O2/c1-6-27(42)39-19-33(20-39)15-24(16-33)41-22(3)28(29-25-17-35-36-26(25)13-21(2)30(29)34)31(37-41)40-8-7-23(14-32(40,4)5)18-38-9-11-43-12-10-38/h6,13,17,23-24H,1,7-12,14-16,18-20H2,2-5H3,(H,35,36)/t23-/m0/s1. The number of carbonyl (C=O) groups is 1. The second-order valence-corrected chi connectivity index (χ2v) is 14.5. The molecule has 0 radical (unpaired) electrons. The molecule has 5 heterocycles. The number of morpholine rings is 1. The number of likely N-dealkylation sites (tertiary alicyclic amines) is 1. The number of H-pyrrole nitrogens is 1. The van der Waals surface area contributed by atoms with Crippen LogP contribution in [0.2, 0.25) is 5.02 Å². The van der Waals surface area contributed by atoms with Gasteiger partial charge in [-0.25, -0.2) is 0 Å². The van der Waals surface area contributed by atoms with Crippen molar-refractivity contribution in [2.24, 2.45) is 11.3 Å². The molecule has 3 aromatic rings. The summed E-state index contributed by atoms with van der Waals surface area (Å²) in [6.45, 7) is 20.1. The average Bonchev–Trinajstić information content (AvgIpc) is 3.52. The number of aryl methyl sites for hydroxylation is 1. The molecule has 0 bridgehead atoms. The second kappa shape index (κ2) is 10.6. The fourth-order valence-electron chi connectivity index (χ4n) is 8.44. The first-order chi connectivity index (χ1) is 20.6. The number of hydrogen-bond acceptors (Lipinski definition) is 6. The highest BCUT2D eigenvalue weighted by molar-refractivity contribution is 6.36. The van der Waals surface area contributed by atoms with Gasteiger partial charge in [0.2, 0.25) is 5.91 Å². The maximum atomic E-state index is 12.1. The van der Waals surface area contributed by atoms with E-state index in [0.29, 0.717) is 12.0 Å². The SMILES string of the molecule is C=CC(=O)N1CC2(CC(n3nc(N4CC[C@H](CN5CCOCC5)CC4(C)C)c(-c4c(Cl)c(C)cc5[nH]ncc45)c3C)C2)C1. The monoisotopic (exact) mass is 605 g/mol. The summed E-state index contributed by atoms with van der Waals surface area (Å²) < 4.78 is 7.87. The first-order valence-electron chi connectivity index (χ1n) is 15.8. The smallest absolute Gasteiger partial charge is 0.245 e. The van der Waals surface area contributed by atoms with Crippen molar-refractivity contribution >= 4 is 34.2 Å². The van der Waals surface area contributed by atoms with E-state index in [1.54, 1.807) is 0 Å². The zero-order valence-corrected chi connectivity index (χ0v) is 26.7. The van der Waals surface area contributed by atoms with Gasteiger partial charge in [-0.3, -0.25) is 19.5 Å². The summed E-state index contributed by atoms with van der Waals surface area (Å²) in [6.07, 6.45) is 7.63. The third kappa shape index (κ3) is 4.88. The molecule has 3 aliphatic heterocycles. The van der Waals surface area contributed by atoms with Crippen LogP contribution in [0, 0.1) is 25.2 Å². The van der Waals surface area contributed by atoms with Gasteiger partial charge in [-0.05, 0) is 77.0 Å². The van der Waals surface area contributed by atoms with Gasteiger partial charge in [0.15, 0.2) is 5.82 Å². The van der Waals surface area contributed by atoms with Crippen LogP contribution in [0.1, 0.15) is 56.8 Å². The molecule has 7 rings (SSSR count). The van der Waals surface area contributed by atoms with E-state index < -0.39 is 0 Å². The van der Waals surface area contributed by atoms with Gasteiger partial charge in [0, 0.05) is 72.4 Å². The molecule has 1 atom stereocenters. The summed E-state index contributed by atoms with van der Waals surface area (Å²) >= 11 is 7.16. The Bertz CT molecular complexity index is 1550. The maximum Gasteiger partial charge on any atom is 0.245 e. The Balaban J connectivity index is 1.23. The maximum absolute atomic E-state index is 12.1. The van der Waals surface area contributed by atoms with E-state index in [1.165, 1.54) is 6.08 Å². The van der Waals surface area contributed by atoms with Gasteiger partial charge < -0.3 is 14.5 Å². The van der Waals surface area contributed by atoms with Crippen molar-refractivity contribution < 1.29 is 9.53 Å². The number of piperidine rings is 1.